The number of hydrogen-bond donors (Lipinski definition) is 2. The highest BCUT2D eigenvalue weighted by atomic mass is 35.5. The summed E-state index contributed by atoms with van der Waals surface area (Å²) in [6, 6.07) is 7.28. The van der Waals surface area contributed by atoms with Crippen LogP contribution in [0.1, 0.15) is 54.4 Å². The number of aryl methyl sites for hydroxylation is 2. The van der Waals surface area contributed by atoms with Crippen LogP contribution in [0.4, 0.5) is 0 Å². The number of hydrogen-bond acceptors (Lipinski definition) is 10. The van der Waals surface area contributed by atoms with Gasteiger partial charge in [0.15, 0.2) is 0 Å². The number of carbonyl (C=O) groups excluding carboxylic acids is 1. The first-order valence-electron chi connectivity index (χ1n) is 13.1. The number of unbranched alkanes of at least 4 members (excludes halogenated alkanes) is 1. The molecule has 2 heterocycles. The van der Waals surface area contributed by atoms with E-state index in [0.29, 0.717) is 35.4 Å². The Balaban J connectivity index is 1.79. The average molecular weight is 609 g/mol. The maximum Gasteiger partial charge on any atom is 0.388 e. The molecule has 1 aliphatic rings. The van der Waals surface area contributed by atoms with Crippen molar-refractivity contribution in [2.24, 2.45) is 0 Å². The molecule has 14 heteroatoms. The second-order valence-corrected chi connectivity index (χ2v) is 11.4. The molecule has 12 nitrogen and oxygen atoms in total. The van der Waals surface area contributed by atoms with Gasteiger partial charge in [0.25, 0.3) is 5.95 Å². The Bertz CT molecular complexity index is 1560. The summed E-state index contributed by atoms with van der Waals surface area (Å²) in [7, 11) is -2.80. The number of rotatable bonds is 12. The zero-order valence-corrected chi connectivity index (χ0v) is 24.6. The Kier molecular flexibility index (Phi) is 9.74. The van der Waals surface area contributed by atoms with E-state index in [1.54, 1.807) is 23.7 Å². The third kappa shape index (κ3) is 6.75. The summed E-state index contributed by atoms with van der Waals surface area (Å²) < 4.78 is 43.3. The molecule has 1 aromatic heterocycles. The third-order valence-corrected chi connectivity index (χ3v) is 8.62. The van der Waals surface area contributed by atoms with E-state index in [-0.39, 0.29) is 37.7 Å². The van der Waals surface area contributed by atoms with E-state index in [1.165, 1.54) is 13.2 Å². The van der Waals surface area contributed by atoms with Crippen LogP contribution < -0.4 is 4.74 Å². The van der Waals surface area contributed by atoms with Crippen molar-refractivity contribution in [2.45, 2.75) is 52.1 Å². The minimum absolute atomic E-state index is 0.00319. The van der Waals surface area contributed by atoms with Gasteiger partial charge in [-0.05, 0) is 61.1 Å². The SMILES string of the molecule is CCOC(=O)CC(c1cc(CN2CC=C(O)OS2(=O)=O)c(Cl)c(OC)c1)c1ccc2c(nnn2CCCCO)c1C. The molecule has 0 fully saturated rings. The van der Waals surface area contributed by atoms with E-state index in [9.17, 15) is 18.3 Å². The zero-order valence-electron chi connectivity index (χ0n) is 23.0. The molecule has 41 heavy (non-hydrogen) atoms. The lowest BCUT2D eigenvalue weighted by Gasteiger charge is -2.26. The van der Waals surface area contributed by atoms with Crippen LogP contribution in [-0.2, 0) is 37.1 Å². The van der Waals surface area contributed by atoms with E-state index >= 15 is 0 Å². The number of esters is 1. The molecule has 1 unspecified atom stereocenters. The minimum atomic E-state index is -4.25. The number of ether oxygens (including phenoxy) is 2. The van der Waals surface area contributed by atoms with Gasteiger partial charge in [-0.25, -0.2) is 4.68 Å². The summed E-state index contributed by atoms with van der Waals surface area (Å²) >= 11 is 6.61. The van der Waals surface area contributed by atoms with Crippen molar-refractivity contribution in [1.29, 1.82) is 0 Å². The van der Waals surface area contributed by atoms with Crippen molar-refractivity contribution < 1.29 is 37.1 Å². The molecule has 1 atom stereocenters. The van der Waals surface area contributed by atoms with Gasteiger partial charge in [0.2, 0.25) is 0 Å². The number of methoxy groups -OCH3 is 1. The standard InChI is InChI=1S/C27H33ClN4O8S/c1-4-39-25(35)15-21(20-7-8-22-27(17(20)2)29-30-32(22)10-5-6-12-33)18-13-19(26(28)23(14-18)38-3)16-31-11-9-24(34)40-41(31,36)37/h7-9,13-14,21,33-34H,4-6,10-12,15-16H2,1-3H3. The van der Waals surface area contributed by atoms with Gasteiger partial charge in [-0.2, -0.15) is 12.7 Å². The van der Waals surface area contributed by atoms with Gasteiger partial charge in [0.05, 0.1) is 30.7 Å². The Morgan fingerprint density at radius 1 is 1.27 bits per heavy atom. The predicted molar refractivity (Wildman–Crippen MR) is 151 cm³/mol. The Labute approximate surface area is 243 Å². The van der Waals surface area contributed by atoms with E-state index < -0.39 is 28.1 Å². The van der Waals surface area contributed by atoms with Crippen LogP contribution in [-0.4, -0.2) is 70.8 Å². The van der Waals surface area contributed by atoms with Crippen molar-refractivity contribution in [3.05, 3.63) is 63.6 Å². The average Bonchev–Trinajstić information content (AvgIpc) is 3.34. The van der Waals surface area contributed by atoms with E-state index in [4.69, 9.17) is 26.2 Å². The van der Waals surface area contributed by atoms with Crippen LogP contribution in [0, 0.1) is 6.92 Å². The van der Waals surface area contributed by atoms with E-state index in [1.807, 2.05) is 19.1 Å². The quantitative estimate of drug-likeness (QED) is 0.230. The molecule has 1 aliphatic heterocycles. The van der Waals surface area contributed by atoms with Crippen LogP contribution in [0.15, 0.2) is 36.3 Å². The number of carbonyl (C=O) groups is 1. The van der Waals surface area contributed by atoms with Crippen LogP contribution in [0.5, 0.6) is 5.75 Å². The van der Waals surface area contributed by atoms with Crippen molar-refractivity contribution in [1.82, 2.24) is 19.3 Å². The highest BCUT2D eigenvalue weighted by Gasteiger charge is 2.31. The fourth-order valence-electron chi connectivity index (χ4n) is 4.84. The number of nitrogens with zero attached hydrogens (tertiary/aromatic N) is 4. The van der Waals surface area contributed by atoms with E-state index in [0.717, 1.165) is 27.4 Å². The summed E-state index contributed by atoms with van der Waals surface area (Å²) in [5, 5.41) is 27.5. The number of halogens is 1. The number of fused-ring (bicyclic) bond motifs is 1. The van der Waals surface area contributed by atoms with Crippen molar-refractivity contribution in [2.75, 3.05) is 26.9 Å². The molecule has 2 N–H and O–H groups in total. The largest absolute Gasteiger partial charge is 0.495 e. The topological polar surface area (TPSA) is 153 Å². The van der Waals surface area contributed by atoms with Crippen LogP contribution in [0.2, 0.25) is 5.02 Å². The Hall–Kier alpha value is -3.39. The molecule has 0 saturated heterocycles. The summed E-state index contributed by atoms with van der Waals surface area (Å²) in [5.74, 6) is -1.31. The Morgan fingerprint density at radius 3 is 2.73 bits per heavy atom. The van der Waals surface area contributed by atoms with Crippen molar-refractivity contribution >= 4 is 38.9 Å². The molecule has 3 aromatic rings. The van der Waals surface area contributed by atoms with Gasteiger partial charge < -0.3 is 23.9 Å². The fraction of sp³-hybridized carbons (Fsp3) is 0.444. The summed E-state index contributed by atoms with van der Waals surface area (Å²) in [6.07, 6.45) is 2.64. The van der Waals surface area contributed by atoms with Gasteiger partial charge >= 0.3 is 16.3 Å². The molecule has 0 radical (unpaired) electrons. The third-order valence-electron chi connectivity index (χ3n) is 6.89. The molecule has 222 valence electrons. The lowest BCUT2D eigenvalue weighted by molar-refractivity contribution is -0.143. The molecule has 0 saturated carbocycles. The van der Waals surface area contributed by atoms with Crippen LogP contribution in [0.3, 0.4) is 0 Å². The molecular formula is C27H33ClN4O8S. The first-order chi connectivity index (χ1) is 19.6. The molecule has 0 bridgehead atoms. The van der Waals surface area contributed by atoms with Crippen LogP contribution >= 0.6 is 11.6 Å². The van der Waals surface area contributed by atoms with Gasteiger partial charge in [-0.15, -0.1) is 5.10 Å². The smallest absolute Gasteiger partial charge is 0.388 e. The molecule has 0 aliphatic carbocycles. The lowest BCUT2D eigenvalue weighted by atomic mass is 9.84. The molecule has 0 amide bonds. The predicted octanol–water partition coefficient (Wildman–Crippen LogP) is 3.74. The van der Waals surface area contributed by atoms with E-state index in [2.05, 4.69) is 14.5 Å². The highest BCUT2D eigenvalue weighted by Crippen LogP contribution is 2.39. The maximum absolute atomic E-state index is 12.8. The van der Waals surface area contributed by atoms with Crippen LogP contribution in [0.25, 0.3) is 11.0 Å². The summed E-state index contributed by atoms with van der Waals surface area (Å²) in [4.78, 5) is 12.8. The number of aliphatic hydroxyl groups excluding tert-OH is 2. The van der Waals surface area contributed by atoms with Gasteiger partial charge in [-0.3, -0.25) is 4.79 Å². The van der Waals surface area contributed by atoms with Crippen molar-refractivity contribution in [3.8, 4) is 5.75 Å². The maximum atomic E-state index is 12.8. The van der Waals surface area contributed by atoms with Gasteiger partial charge in [0.1, 0.15) is 11.3 Å². The normalized spacial score (nSPS) is 15.8. The minimum Gasteiger partial charge on any atom is -0.495 e. The second-order valence-electron chi connectivity index (χ2n) is 9.52. The molecule has 0 spiro atoms. The second kappa shape index (κ2) is 13.1. The number of aliphatic hydroxyl groups is 2. The molecule has 2 aromatic carbocycles. The van der Waals surface area contributed by atoms with Gasteiger partial charge in [0, 0.05) is 38.2 Å². The summed E-state index contributed by atoms with van der Waals surface area (Å²) in [5.41, 5.74) is 4.23. The Morgan fingerprint density at radius 2 is 2.05 bits per heavy atom. The molecular weight excluding hydrogens is 576 g/mol. The number of benzene rings is 2. The van der Waals surface area contributed by atoms with Gasteiger partial charge in [-0.1, -0.05) is 28.9 Å². The fourth-order valence-corrected chi connectivity index (χ4v) is 6.03. The monoisotopic (exact) mass is 608 g/mol. The first-order valence-corrected chi connectivity index (χ1v) is 14.9. The highest BCUT2D eigenvalue weighted by molar-refractivity contribution is 7.84. The zero-order chi connectivity index (χ0) is 29.7. The lowest BCUT2D eigenvalue weighted by Crippen LogP contribution is -2.35. The van der Waals surface area contributed by atoms with Crippen molar-refractivity contribution in [3.63, 3.8) is 0 Å². The first kappa shape index (κ1) is 30.6. The number of aromatic nitrogens is 3. The molecule has 4 rings (SSSR count). The summed E-state index contributed by atoms with van der Waals surface area (Å²) in [6.45, 7) is 4.29.